The summed E-state index contributed by atoms with van der Waals surface area (Å²) in [6, 6.07) is 2.26. The molecule has 0 radical (unpaired) electrons. The average molecular weight is 156 g/mol. The highest BCUT2D eigenvalue weighted by atomic mass is 19.1. The van der Waals surface area contributed by atoms with Gasteiger partial charge in [0.2, 0.25) is 5.95 Å². The fourth-order valence-electron chi connectivity index (χ4n) is 0.753. The first-order valence-corrected chi connectivity index (χ1v) is 3.22. The van der Waals surface area contributed by atoms with Gasteiger partial charge in [0.1, 0.15) is 0 Å². The monoisotopic (exact) mass is 156 g/mol. The molecule has 1 atom stereocenters. The van der Waals surface area contributed by atoms with Gasteiger partial charge >= 0.3 is 0 Å². The van der Waals surface area contributed by atoms with Crippen LogP contribution in [0.5, 0.6) is 0 Å². The summed E-state index contributed by atoms with van der Waals surface area (Å²) >= 11 is 0. The van der Waals surface area contributed by atoms with Crippen molar-refractivity contribution in [2.75, 3.05) is 6.61 Å². The van der Waals surface area contributed by atoms with E-state index >= 15 is 0 Å². The second kappa shape index (κ2) is 3.41. The van der Waals surface area contributed by atoms with E-state index in [4.69, 9.17) is 10.8 Å². The lowest BCUT2D eigenvalue weighted by atomic mass is 10.1. The van der Waals surface area contributed by atoms with E-state index in [2.05, 4.69) is 4.98 Å². The molecule has 0 fully saturated rings. The van der Waals surface area contributed by atoms with Crippen molar-refractivity contribution in [2.24, 2.45) is 5.73 Å². The molecule has 1 aromatic rings. The molecule has 0 saturated heterocycles. The van der Waals surface area contributed by atoms with E-state index in [0.717, 1.165) is 0 Å². The van der Waals surface area contributed by atoms with Gasteiger partial charge in [-0.15, -0.1) is 0 Å². The van der Waals surface area contributed by atoms with Gasteiger partial charge in [-0.05, 0) is 17.7 Å². The molecule has 0 aliphatic rings. The third-order valence-corrected chi connectivity index (χ3v) is 1.38. The maximum Gasteiger partial charge on any atom is 0.213 e. The molecule has 0 amide bonds. The minimum absolute atomic E-state index is 0.191. The van der Waals surface area contributed by atoms with E-state index in [1.807, 2.05) is 0 Å². The van der Waals surface area contributed by atoms with Crippen LogP contribution in [0, 0.1) is 5.95 Å². The zero-order valence-corrected chi connectivity index (χ0v) is 5.87. The van der Waals surface area contributed by atoms with Gasteiger partial charge in [-0.1, -0.05) is 0 Å². The molecule has 3 N–H and O–H groups in total. The topological polar surface area (TPSA) is 59.1 Å². The SMILES string of the molecule is N[C@H](CO)c1ccnc(F)c1. The molecule has 0 aliphatic heterocycles. The van der Waals surface area contributed by atoms with Crippen LogP contribution in [0.25, 0.3) is 0 Å². The first kappa shape index (κ1) is 8.10. The van der Waals surface area contributed by atoms with Crippen LogP contribution >= 0.6 is 0 Å². The van der Waals surface area contributed by atoms with Gasteiger partial charge in [0, 0.05) is 6.20 Å². The summed E-state index contributed by atoms with van der Waals surface area (Å²) in [7, 11) is 0. The number of aliphatic hydroxyl groups excluding tert-OH is 1. The highest BCUT2D eigenvalue weighted by Gasteiger charge is 2.04. The lowest BCUT2D eigenvalue weighted by Crippen LogP contribution is -2.14. The van der Waals surface area contributed by atoms with Crippen LogP contribution in [-0.2, 0) is 0 Å². The van der Waals surface area contributed by atoms with E-state index < -0.39 is 12.0 Å². The van der Waals surface area contributed by atoms with Crippen LogP contribution in [0.4, 0.5) is 4.39 Å². The second-order valence-electron chi connectivity index (χ2n) is 2.20. The van der Waals surface area contributed by atoms with E-state index in [9.17, 15) is 4.39 Å². The number of nitrogens with zero attached hydrogens (tertiary/aromatic N) is 1. The molecule has 0 spiro atoms. The van der Waals surface area contributed by atoms with Crippen LogP contribution in [0.3, 0.4) is 0 Å². The van der Waals surface area contributed by atoms with Crippen LogP contribution in [-0.4, -0.2) is 16.7 Å². The molecule has 4 heteroatoms. The number of hydrogen-bond acceptors (Lipinski definition) is 3. The Hall–Kier alpha value is -1.00. The van der Waals surface area contributed by atoms with Crippen molar-refractivity contribution in [3.8, 4) is 0 Å². The Morgan fingerprint density at radius 2 is 2.45 bits per heavy atom. The van der Waals surface area contributed by atoms with Crippen LogP contribution < -0.4 is 5.73 Å². The summed E-state index contributed by atoms with van der Waals surface area (Å²) in [4.78, 5) is 3.35. The molecule has 0 aromatic carbocycles. The maximum atomic E-state index is 12.4. The van der Waals surface area contributed by atoms with E-state index in [0.29, 0.717) is 5.56 Å². The summed E-state index contributed by atoms with van der Waals surface area (Å²) in [5.41, 5.74) is 5.97. The van der Waals surface area contributed by atoms with Crippen molar-refractivity contribution in [1.82, 2.24) is 4.98 Å². The first-order chi connectivity index (χ1) is 5.24. The zero-order chi connectivity index (χ0) is 8.27. The van der Waals surface area contributed by atoms with Crippen molar-refractivity contribution in [1.29, 1.82) is 0 Å². The fourth-order valence-corrected chi connectivity index (χ4v) is 0.753. The number of aromatic nitrogens is 1. The first-order valence-electron chi connectivity index (χ1n) is 3.22. The third-order valence-electron chi connectivity index (χ3n) is 1.38. The molecule has 1 heterocycles. The second-order valence-corrected chi connectivity index (χ2v) is 2.20. The molecule has 0 saturated carbocycles. The van der Waals surface area contributed by atoms with Gasteiger partial charge in [-0.25, -0.2) is 4.98 Å². The fraction of sp³-hybridized carbons (Fsp3) is 0.286. The lowest BCUT2D eigenvalue weighted by Gasteiger charge is -2.06. The number of hydrogen-bond donors (Lipinski definition) is 2. The molecule has 11 heavy (non-hydrogen) atoms. The molecule has 3 nitrogen and oxygen atoms in total. The van der Waals surface area contributed by atoms with Crippen molar-refractivity contribution in [3.05, 3.63) is 29.8 Å². The number of halogens is 1. The summed E-state index contributed by atoms with van der Waals surface area (Å²) in [5.74, 6) is -0.577. The smallest absolute Gasteiger partial charge is 0.213 e. The van der Waals surface area contributed by atoms with E-state index in [1.165, 1.54) is 12.3 Å². The largest absolute Gasteiger partial charge is 0.394 e. The highest BCUT2D eigenvalue weighted by Crippen LogP contribution is 2.08. The van der Waals surface area contributed by atoms with E-state index in [1.54, 1.807) is 6.07 Å². The third kappa shape index (κ3) is 1.96. The summed E-state index contributed by atoms with van der Waals surface area (Å²) < 4.78 is 12.4. The van der Waals surface area contributed by atoms with Gasteiger partial charge in [0.15, 0.2) is 0 Å². The molecular formula is C7H9FN2O. The van der Waals surface area contributed by atoms with E-state index in [-0.39, 0.29) is 6.61 Å². The molecule has 0 bridgehead atoms. The van der Waals surface area contributed by atoms with Crippen LogP contribution in [0.1, 0.15) is 11.6 Å². The Labute approximate surface area is 63.7 Å². The lowest BCUT2D eigenvalue weighted by molar-refractivity contribution is 0.267. The van der Waals surface area contributed by atoms with Gasteiger partial charge in [0.25, 0.3) is 0 Å². The molecule has 1 aromatic heterocycles. The number of nitrogens with two attached hydrogens (primary N) is 1. The Bertz CT molecular complexity index is 242. The number of aliphatic hydroxyl groups is 1. The Kier molecular flexibility index (Phi) is 2.51. The highest BCUT2D eigenvalue weighted by molar-refractivity contribution is 5.14. The summed E-state index contributed by atoms with van der Waals surface area (Å²) in [5, 5.41) is 8.61. The summed E-state index contributed by atoms with van der Waals surface area (Å²) in [6.45, 7) is -0.191. The maximum absolute atomic E-state index is 12.4. The van der Waals surface area contributed by atoms with Crippen LogP contribution in [0.15, 0.2) is 18.3 Å². The minimum atomic E-state index is -0.577. The zero-order valence-electron chi connectivity index (χ0n) is 5.87. The van der Waals surface area contributed by atoms with Crippen LogP contribution in [0.2, 0.25) is 0 Å². The number of pyridine rings is 1. The molecule has 0 aliphatic carbocycles. The Morgan fingerprint density at radius 1 is 1.73 bits per heavy atom. The average Bonchev–Trinajstić information content (AvgIpc) is 2.03. The van der Waals surface area contributed by atoms with Crippen molar-refractivity contribution < 1.29 is 9.50 Å². The predicted molar refractivity (Wildman–Crippen MR) is 38.2 cm³/mol. The van der Waals surface area contributed by atoms with Gasteiger partial charge in [-0.3, -0.25) is 0 Å². The number of rotatable bonds is 2. The Morgan fingerprint density at radius 3 is 3.00 bits per heavy atom. The molecule has 0 unspecified atom stereocenters. The van der Waals surface area contributed by atoms with Crippen molar-refractivity contribution >= 4 is 0 Å². The molecular weight excluding hydrogens is 147 g/mol. The predicted octanol–water partition coefficient (Wildman–Crippen LogP) is 0.213. The van der Waals surface area contributed by atoms with Crippen molar-refractivity contribution in [3.63, 3.8) is 0 Å². The Balaban J connectivity index is 2.86. The quantitative estimate of drug-likeness (QED) is 0.602. The van der Waals surface area contributed by atoms with Gasteiger partial charge < -0.3 is 10.8 Å². The molecule has 1 rings (SSSR count). The summed E-state index contributed by atoms with van der Waals surface area (Å²) in [6.07, 6.45) is 1.32. The standard InChI is InChI=1S/C7H9FN2O/c8-7-3-5(1-2-10-7)6(9)4-11/h1-3,6,11H,4,9H2/t6-/m1/s1. The normalized spacial score (nSPS) is 13.0. The minimum Gasteiger partial charge on any atom is -0.394 e. The molecule has 60 valence electrons. The van der Waals surface area contributed by atoms with Crippen molar-refractivity contribution in [2.45, 2.75) is 6.04 Å². The van der Waals surface area contributed by atoms with Gasteiger partial charge in [0.05, 0.1) is 12.6 Å². The van der Waals surface area contributed by atoms with Gasteiger partial charge in [-0.2, -0.15) is 4.39 Å².